The van der Waals surface area contributed by atoms with Crippen LogP contribution in [0.2, 0.25) is 10.0 Å². The van der Waals surface area contributed by atoms with Crippen LogP contribution < -0.4 is 19.5 Å². The summed E-state index contributed by atoms with van der Waals surface area (Å²) in [6.45, 7) is 0. The van der Waals surface area contributed by atoms with Gasteiger partial charge in [-0.3, -0.25) is 4.79 Å². The molecule has 0 aromatic heterocycles. The number of hydrogen-bond acceptors (Lipinski definition) is 4. The van der Waals surface area contributed by atoms with Crippen molar-refractivity contribution in [3.63, 3.8) is 0 Å². The van der Waals surface area contributed by atoms with Gasteiger partial charge in [0.25, 0.3) is 0 Å². The normalized spacial score (nSPS) is 10.6. The Morgan fingerprint density at radius 2 is 1.68 bits per heavy atom. The highest BCUT2D eigenvalue weighted by molar-refractivity contribution is 6.42. The monoisotopic (exact) mass is 381 g/mol. The van der Waals surface area contributed by atoms with Gasteiger partial charge in [0.1, 0.15) is 0 Å². The molecule has 132 valence electrons. The summed E-state index contributed by atoms with van der Waals surface area (Å²) in [4.78, 5) is 12.1. The largest absolute Gasteiger partial charge is 0.493 e. The van der Waals surface area contributed by atoms with Gasteiger partial charge >= 0.3 is 0 Å². The van der Waals surface area contributed by atoms with Crippen LogP contribution in [0.4, 0.5) is 5.69 Å². The molecule has 2 aromatic carbocycles. The molecule has 0 saturated heterocycles. The number of methoxy groups -OCH3 is 3. The molecule has 0 spiro atoms. The third-order valence-electron chi connectivity index (χ3n) is 3.34. The molecule has 2 rings (SSSR count). The van der Waals surface area contributed by atoms with Crippen molar-refractivity contribution in [2.45, 2.75) is 0 Å². The molecule has 0 aliphatic carbocycles. The van der Waals surface area contributed by atoms with Crippen LogP contribution in [0.25, 0.3) is 6.08 Å². The van der Waals surface area contributed by atoms with Gasteiger partial charge in [-0.25, -0.2) is 0 Å². The van der Waals surface area contributed by atoms with Gasteiger partial charge in [0.2, 0.25) is 11.7 Å². The first kappa shape index (κ1) is 19.0. The number of amides is 1. The van der Waals surface area contributed by atoms with Crippen LogP contribution >= 0.6 is 23.2 Å². The van der Waals surface area contributed by atoms with E-state index in [-0.39, 0.29) is 5.91 Å². The van der Waals surface area contributed by atoms with Crippen LogP contribution in [0.15, 0.2) is 36.4 Å². The van der Waals surface area contributed by atoms with Gasteiger partial charge in [0.15, 0.2) is 11.5 Å². The molecule has 5 nitrogen and oxygen atoms in total. The number of anilines is 1. The zero-order valence-electron chi connectivity index (χ0n) is 13.9. The van der Waals surface area contributed by atoms with E-state index in [0.29, 0.717) is 38.5 Å². The Hall–Kier alpha value is -2.37. The van der Waals surface area contributed by atoms with Crippen LogP contribution in [0.1, 0.15) is 5.56 Å². The Bertz CT molecular complexity index is 806. The SMILES string of the molecule is COc1ccc(C=CC(=O)Nc2ccc(Cl)c(Cl)c2)c(OC)c1OC. The van der Waals surface area contributed by atoms with E-state index in [4.69, 9.17) is 37.4 Å². The van der Waals surface area contributed by atoms with E-state index in [1.165, 1.54) is 27.4 Å². The lowest BCUT2D eigenvalue weighted by Gasteiger charge is -2.14. The van der Waals surface area contributed by atoms with Crippen molar-refractivity contribution in [1.82, 2.24) is 0 Å². The minimum Gasteiger partial charge on any atom is -0.493 e. The number of ether oxygens (including phenoxy) is 3. The number of rotatable bonds is 6. The molecule has 25 heavy (non-hydrogen) atoms. The number of carbonyl (C=O) groups is 1. The molecule has 0 radical (unpaired) electrons. The number of nitrogens with one attached hydrogen (secondary N) is 1. The molecule has 0 aliphatic rings. The topological polar surface area (TPSA) is 56.8 Å². The predicted octanol–water partition coefficient (Wildman–Crippen LogP) is 4.67. The fourth-order valence-corrected chi connectivity index (χ4v) is 2.48. The van der Waals surface area contributed by atoms with E-state index in [0.717, 1.165) is 0 Å². The van der Waals surface area contributed by atoms with Gasteiger partial charge in [-0.05, 0) is 36.4 Å². The standard InChI is InChI=1S/C18H17Cl2NO4/c1-23-15-8-4-11(17(24-2)18(15)25-3)5-9-16(22)21-12-6-7-13(19)14(20)10-12/h4-10H,1-3H3,(H,21,22). The third-order valence-corrected chi connectivity index (χ3v) is 4.08. The van der Waals surface area contributed by atoms with Crippen molar-refractivity contribution in [3.8, 4) is 17.2 Å². The van der Waals surface area contributed by atoms with Gasteiger partial charge in [0, 0.05) is 17.3 Å². The lowest BCUT2D eigenvalue weighted by molar-refractivity contribution is -0.111. The Kier molecular flexibility index (Phi) is 6.56. The highest BCUT2D eigenvalue weighted by Crippen LogP contribution is 2.40. The molecule has 1 amide bonds. The van der Waals surface area contributed by atoms with Gasteiger partial charge in [-0.1, -0.05) is 23.2 Å². The van der Waals surface area contributed by atoms with E-state index in [1.54, 1.807) is 36.4 Å². The summed E-state index contributed by atoms with van der Waals surface area (Å²) in [5, 5.41) is 3.49. The fraction of sp³-hybridized carbons (Fsp3) is 0.167. The Labute approximate surface area is 156 Å². The minimum absolute atomic E-state index is 0.324. The van der Waals surface area contributed by atoms with E-state index < -0.39 is 0 Å². The van der Waals surface area contributed by atoms with E-state index in [2.05, 4.69) is 5.32 Å². The average molecular weight is 382 g/mol. The summed E-state index contributed by atoms with van der Waals surface area (Å²) in [5.41, 5.74) is 1.22. The molecule has 0 fully saturated rings. The van der Waals surface area contributed by atoms with Crippen molar-refractivity contribution in [2.24, 2.45) is 0 Å². The van der Waals surface area contributed by atoms with Crippen molar-refractivity contribution in [3.05, 3.63) is 52.0 Å². The van der Waals surface area contributed by atoms with E-state index >= 15 is 0 Å². The summed E-state index contributed by atoms with van der Waals surface area (Å²) in [7, 11) is 4.58. The molecule has 0 atom stereocenters. The van der Waals surface area contributed by atoms with Crippen LogP contribution in [0.5, 0.6) is 17.2 Å². The quantitative estimate of drug-likeness (QED) is 0.738. The number of halogens is 2. The van der Waals surface area contributed by atoms with Gasteiger partial charge in [0.05, 0.1) is 31.4 Å². The van der Waals surface area contributed by atoms with Crippen LogP contribution in [-0.4, -0.2) is 27.2 Å². The first-order valence-corrected chi connectivity index (χ1v) is 7.98. The molecular weight excluding hydrogens is 365 g/mol. The molecule has 1 N–H and O–H groups in total. The second-order valence-corrected chi connectivity index (χ2v) is 5.69. The lowest BCUT2D eigenvalue weighted by Crippen LogP contribution is -2.07. The molecular formula is C18H17Cl2NO4. The highest BCUT2D eigenvalue weighted by atomic mass is 35.5. The summed E-state index contributed by atoms with van der Waals surface area (Å²) < 4.78 is 15.9. The molecule has 0 unspecified atom stereocenters. The lowest BCUT2D eigenvalue weighted by atomic mass is 10.1. The molecule has 0 bridgehead atoms. The minimum atomic E-state index is -0.324. The average Bonchev–Trinajstić information content (AvgIpc) is 2.61. The van der Waals surface area contributed by atoms with E-state index in [9.17, 15) is 4.79 Å². The first-order chi connectivity index (χ1) is 12.0. The fourth-order valence-electron chi connectivity index (χ4n) is 2.18. The van der Waals surface area contributed by atoms with Crippen molar-refractivity contribution < 1.29 is 19.0 Å². The number of benzene rings is 2. The zero-order chi connectivity index (χ0) is 18.4. The molecule has 7 heteroatoms. The van der Waals surface area contributed by atoms with Crippen molar-refractivity contribution >= 4 is 40.9 Å². The smallest absolute Gasteiger partial charge is 0.248 e. The maximum absolute atomic E-state index is 12.1. The second kappa shape index (κ2) is 8.65. The summed E-state index contributed by atoms with van der Waals surface area (Å²) in [6.07, 6.45) is 3.00. The first-order valence-electron chi connectivity index (χ1n) is 7.23. The highest BCUT2D eigenvalue weighted by Gasteiger charge is 2.14. The number of hydrogen-bond donors (Lipinski definition) is 1. The van der Waals surface area contributed by atoms with E-state index in [1.807, 2.05) is 0 Å². The molecule has 0 saturated carbocycles. The maximum atomic E-state index is 12.1. The Morgan fingerprint density at radius 3 is 2.28 bits per heavy atom. The van der Waals surface area contributed by atoms with Crippen molar-refractivity contribution in [1.29, 1.82) is 0 Å². The summed E-state index contributed by atoms with van der Waals surface area (Å²) in [5.74, 6) is 1.14. The van der Waals surface area contributed by atoms with Gasteiger partial charge in [-0.15, -0.1) is 0 Å². The molecule has 2 aromatic rings. The zero-order valence-corrected chi connectivity index (χ0v) is 15.4. The molecule has 0 heterocycles. The van der Waals surface area contributed by atoms with Crippen molar-refractivity contribution in [2.75, 3.05) is 26.6 Å². The van der Waals surface area contributed by atoms with Gasteiger partial charge in [-0.2, -0.15) is 0 Å². The third kappa shape index (κ3) is 4.59. The Balaban J connectivity index is 2.20. The number of carbonyl (C=O) groups excluding carboxylic acids is 1. The van der Waals surface area contributed by atoms with Crippen LogP contribution in [0, 0.1) is 0 Å². The predicted molar refractivity (Wildman–Crippen MR) is 100 cm³/mol. The van der Waals surface area contributed by atoms with Gasteiger partial charge < -0.3 is 19.5 Å². The van der Waals surface area contributed by atoms with Crippen LogP contribution in [-0.2, 0) is 4.79 Å². The summed E-state index contributed by atoms with van der Waals surface area (Å²) >= 11 is 11.8. The van der Waals surface area contributed by atoms with Crippen LogP contribution in [0.3, 0.4) is 0 Å². The Morgan fingerprint density at radius 1 is 0.960 bits per heavy atom. The maximum Gasteiger partial charge on any atom is 0.248 e. The summed E-state index contributed by atoms with van der Waals surface area (Å²) in [6, 6.07) is 8.35. The molecule has 0 aliphatic heterocycles. The second-order valence-electron chi connectivity index (χ2n) is 4.88.